The molecule has 0 bridgehead atoms. The molecule has 2 rings (SSSR count). The molecule has 0 aromatic carbocycles. The van der Waals surface area contributed by atoms with Crippen LogP contribution in [0, 0.1) is 0 Å². The first-order chi connectivity index (χ1) is 8.45. The lowest BCUT2D eigenvalue weighted by Crippen LogP contribution is -2.31. The number of nitrogens with one attached hydrogen (secondary N) is 1. The van der Waals surface area contributed by atoms with Crippen LogP contribution in [0.15, 0.2) is 18.3 Å². The van der Waals surface area contributed by atoms with E-state index in [2.05, 4.69) is 10.3 Å². The number of nitrogens with zero attached hydrogens (tertiary/aromatic N) is 1. The first-order valence-corrected chi connectivity index (χ1v) is 5.87. The summed E-state index contributed by atoms with van der Waals surface area (Å²) in [7, 11) is 0. The van der Waals surface area contributed by atoms with Crippen LogP contribution in [0.5, 0.6) is 5.88 Å². The number of alkyl halides is 3. The molecule has 1 heterocycles. The monoisotopic (exact) mass is 260 g/mol. The van der Waals surface area contributed by atoms with Crippen LogP contribution in [0.4, 0.5) is 13.2 Å². The number of halogens is 3. The summed E-state index contributed by atoms with van der Waals surface area (Å²) in [5.41, 5.74) is 0.876. The largest absolute Gasteiger partial charge is 0.465 e. The Kier molecular flexibility index (Phi) is 3.75. The second-order valence-corrected chi connectivity index (χ2v) is 4.46. The molecule has 0 aliphatic heterocycles. The van der Waals surface area contributed by atoms with Crippen LogP contribution in [0.2, 0.25) is 0 Å². The molecule has 0 amide bonds. The Bertz CT molecular complexity index is 405. The fourth-order valence-electron chi connectivity index (χ4n) is 1.42. The van der Waals surface area contributed by atoms with E-state index in [0.29, 0.717) is 12.6 Å². The molecule has 1 aliphatic carbocycles. The summed E-state index contributed by atoms with van der Waals surface area (Å²) >= 11 is 0. The van der Waals surface area contributed by atoms with Gasteiger partial charge in [0.1, 0.15) is 0 Å². The number of hydrogen-bond acceptors (Lipinski definition) is 3. The van der Waals surface area contributed by atoms with Crippen molar-refractivity contribution in [3.8, 4) is 5.88 Å². The summed E-state index contributed by atoms with van der Waals surface area (Å²) in [6.07, 6.45) is -2.43. The quantitative estimate of drug-likeness (QED) is 0.883. The van der Waals surface area contributed by atoms with Crippen molar-refractivity contribution in [2.45, 2.75) is 44.6 Å². The van der Waals surface area contributed by atoms with E-state index in [-0.39, 0.29) is 5.88 Å². The molecule has 0 saturated heterocycles. The summed E-state index contributed by atoms with van der Waals surface area (Å²) in [5, 5.41) is 3.28. The van der Waals surface area contributed by atoms with Gasteiger partial charge in [-0.15, -0.1) is 0 Å². The molecule has 18 heavy (non-hydrogen) atoms. The van der Waals surface area contributed by atoms with Gasteiger partial charge in [-0.1, -0.05) is 0 Å². The Labute approximate surface area is 103 Å². The maximum absolute atomic E-state index is 12.3. The van der Waals surface area contributed by atoms with Crippen molar-refractivity contribution in [1.29, 1.82) is 0 Å². The SMILES string of the molecule is CC(Oc1cc(CNC2CC2)ccn1)C(F)(F)F. The third kappa shape index (κ3) is 3.87. The molecule has 0 radical (unpaired) electrons. The van der Waals surface area contributed by atoms with E-state index in [1.807, 2.05) is 0 Å². The highest BCUT2D eigenvalue weighted by atomic mass is 19.4. The van der Waals surface area contributed by atoms with E-state index in [4.69, 9.17) is 4.74 Å². The second kappa shape index (κ2) is 5.14. The van der Waals surface area contributed by atoms with Crippen LogP contribution >= 0.6 is 0 Å². The normalized spacial score (nSPS) is 17.6. The topological polar surface area (TPSA) is 34.1 Å². The summed E-state index contributed by atoms with van der Waals surface area (Å²) in [6.45, 7) is 1.60. The van der Waals surface area contributed by atoms with Crippen molar-refractivity contribution < 1.29 is 17.9 Å². The average molecular weight is 260 g/mol. The van der Waals surface area contributed by atoms with Gasteiger partial charge in [0.2, 0.25) is 5.88 Å². The molecule has 1 atom stereocenters. The highest BCUT2D eigenvalue weighted by molar-refractivity contribution is 5.20. The fraction of sp³-hybridized carbons (Fsp3) is 0.583. The van der Waals surface area contributed by atoms with Crippen molar-refractivity contribution in [2.75, 3.05) is 0 Å². The molecule has 1 unspecified atom stereocenters. The molecule has 1 aromatic rings. The second-order valence-electron chi connectivity index (χ2n) is 4.46. The summed E-state index contributed by atoms with van der Waals surface area (Å²) in [4.78, 5) is 3.79. The van der Waals surface area contributed by atoms with Crippen LogP contribution in [-0.2, 0) is 6.54 Å². The lowest BCUT2D eigenvalue weighted by atomic mass is 10.2. The van der Waals surface area contributed by atoms with Crippen LogP contribution in [0.3, 0.4) is 0 Å². The zero-order valence-electron chi connectivity index (χ0n) is 10.00. The van der Waals surface area contributed by atoms with Gasteiger partial charge in [-0.2, -0.15) is 13.2 Å². The van der Waals surface area contributed by atoms with Gasteiger partial charge in [-0.25, -0.2) is 4.98 Å². The maximum atomic E-state index is 12.3. The molecule has 3 nitrogen and oxygen atoms in total. The Morgan fingerprint density at radius 2 is 2.22 bits per heavy atom. The maximum Gasteiger partial charge on any atom is 0.425 e. The van der Waals surface area contributed by atoms with E-state index in [1.54, 1.807) is 6.07 Å². The van der Waals surface area contributed by atoms with Crippen molar-refractivity contribution in [3.63, 3.8) is 0 Å². The van der Waals surface area contributed by atoms with Gasteiger partial charge < -0.3 is 10.1 Å². The van der Waals surface area contributed by atoms with E-state index >= 15 is 0 Å². The van der Waals surface area contributed by atoms with Crippen LogP contribution in [0.25, 0.3) is 0 Å². The zero-order valence-corrected chi connectivity index (χ0v) is 10.00. The number of rotatable bonds is 5. The van der Waals surface area contributed by atoms with Crippen molar-refractivity contribution in [3.05, 3.63) is 23.9 Å². The molecule has 0 spiro atoms. The molecule has 1 N–H and O–H groups in total. The molecule has 1 aromatic heterocycles. The van der Waals surface area contributed by atoms with Crippen LogP contribution < -0.4 is 10.1 Å². The first kappa shape index (κ1) is 13.1. The summed E-state index contributed by atoms with van der Waals surface area (Å²) in [6, 6.07) is 3.86. The van der Waals surface area contributed by atoms with Crippen molar-refractivity contribution in [1.82, 2.24) is 10.3 Å². The third-order valence-electron chi connectivity index (χ3n) is 2.73. The third-order valence-corrected chi connectivity index (χ3v) is 2.73. The molecule has 1 fully saturated rings. The van der Waals surface area contributed by atoms with Gasteiger partial charge in [0.15, 0.2) is 6.10 Å². The van der Waals surface area contributed by atoms with Gasteiger partial charge in [0.05, 0.1) is 0 Å². The fourth-order valence-corrected chi connectivity index (χ4v) is 1.42. The van der Waals surface area contributed by atoms with Gasteiger partial charge >= 0.3 is 6.18 Å². The Morgan fingerprint density at radius 3 is 2.83 bits per heavy atom. The lowest BCUT2D eigenvalue weighted by molar-refractivity contribution is -0.190. The van der Waals surface area contributed by atoms with Gasteiger partial charge in [-0.3, -0.25) is 0 Å². The van der Waals surface area contributed by atoms with E-state index in [1.165, 1.54) is 25.1 Å². The highest BCUT2D eigenvalue weighted by Gasteiger charge is 2.38. The predicted molar refractivity (Wildman–Crippen MR) is 60.2 cm³/mol. The summed E-state index contributed by atoms with van der Waals surface area (Å²) < 4.78 is 41.8. The number of ether oxygens (including phenoxy) is 1. The molecule has 1 aliphatic rings. The molecular weight excluding hydrogens is 245 g/mol. The average Bonchev–Trinajstić information content (AvgIpc) is 3.09. The Balaban J connectivity index is 1.93. The highest BCUT2D eigenvalue weighted by Crippen LogP contribution is 2.24. The van der Waals surface area contributed by atoms with Crippen molar-refractivity contribution in [2.24, 2.45) is 0 Å². The minimum absolute atomic E-state index is 0.00919. The lowest BCUT2D eigenvalue weighted by Gasteiger charge is -2.17. The standard InChI is InChI=1S/C12H15F3N2O/c1-8(12(13,14)15)18-11-6-9(4-5-16-11)7-17-10-2-3-10/h4-6,8,10,17H,2-3,7H2,1H3. The zero-order chi connectivity index (χ0) is 13.2. The predicted octanol–water partition coefficient (Wildman–Crippen LogP) is 2.66. The van der Waals surface area contributed by atoms with Crippen molar-refractivity contribution >= 4 is 0 Å². The Morgan fingerprint density at radius 1 is 1.50 bits per heavy atom. The number of aromatic nitrogens is 1. The van der Waals surface area contributed by atoms with Crippen LogP contribution in [0.1, 0.15) is 25.3 Å². The molecule has 6 heteroatoms. The van der Waals surface area contributed by atoms with E-state index < -0.39 is 12.3 Å². The van der Waals surface area contributed by atoms with Gasteiger partial charge in [-0.05, 0) is 31.4 Å². The van der Waals surface area contributed by atoms with E-state index in [9.17, 15) is 13.2 Å². The van der Waals surface area contributed by atoms with Crippen LogP contribution in [-0.4, -0.2) is 23.3 Å². The molecular formula is C12H15F3N2O. The van der Waals surface area contributed by atoms with Gasteiger partial charge in [0.25, 0.3) is 0 Å². The minimum atomic E-state index is -4.37. The molecule has 100 valence electrons. The minimum Gasteiger partial charge on any atom is -0.465 e. The smallest absolute Gasteiger partial charge is 0.425 e. The first-order valence-electron chi connectivity index (χ1n) is 5.87. The number of pyridine rings is 1. The Hall–Kier alpha value is -1.30. The molecule has 1 saturated carbocycles. The van der Waals surface area contributed by atoms with E-state index in [0.717, 1.165) is 12.5 Å². The number of hydrogen-bond donors (Lipinski definition) is 1. The summed E-state index contributed by atoms with van der Waals surface area (Å²) in [5.74, 6) is 0.00919. The van der Waals surface area contributed by atoms with Gasteiger partial charge in [0, 0.05) is 24.8 Å².